The second kappa shape index (κ2) is 22.6. The van der Waals surface area contributed by atoms with Gasteiger partial charge in [0.2, 0.25) is 0 Å². The molecule has 9 nitrogen and oxygen atoms in total. The number of carbonyl (C=O) groups is 1. The standard InChI is InChI=1S/C15H31NO4S.C3H9NO3S.Na.H/c1-2-3-4-5-6-7-8-9-10-11-15(17)14-16-12-13-21(18,19)20;1-4-2-3-8(5,6)7;;/h16H,2-14H2,1H3,(H,18,19,20);4H,2-3H2,1H3,(H,5,6,7);;. The second-order valence-corrected chi connectivity index (χ2v) is 10.1. The molecule has 0 fully saturated rings. The Morgan fingerprint density at radius 1 is 0.767 bits per heavy atom. The third-order valence-corrected chi connectivity index (χ3v) is 5.47. The van der Waals surface area contributed by atoms with Crippen LogP contribution in [0.3, 0.4) is 0 Å². The first-order valence-corrected chi connectivity index (χ1v) is 13.5. The van der Waals surface area contributed by atoms with E-state index in [0.717, 1.165) is 12.8 Å². The van der Waals surface area contributed by atoms with Crippen molar-refractivity contribution in [3.05, 3.63) is 0 Å². The molecule has 0 saturated carbocycles. The van der Waals surface area contributed by atoms with Crippen molar-refractivity contribution >= 4 is 55.6 Å². The molecular weight excluding hydrogens is 443 g/mol. The van der Waals surface area contributed by atoms with Crippen LogP contribution in [0.2, 0.25) is 0 Å². The van der Waals surface area contributed by atoms with Gasteiger partial charge in [0.1, 0.15) is 5.78 Å². The zero-order valence-corrected chi connectivity index (χ0v) is 19.5. The van der Waals surface area contributed by atoms with Crippen LogP contribution in [0.4, 0.5) is 0 Å². The van der Waals surface area contributed by atoms with Crippen LogP contribution >= 0.6 is 0 Å². The van der Waals surface area contributed by atoms with Crippen molar-refractivity contribution in [3.8, 4) is 0 Å². The topological polar surface area (TPSA) is 150 Å². The maximum absolute atomic E-state index is 11.5. The maximum atomic E-state index is 11.5. The van der Waals surface area contributed by atoms with E-state index in [1.54, 1.807) is 7.05 Å². The minimum absolute atomic E-state index is 0. The summed E-state index contributed by atoms with van der Waals surface area (Å²) in [6.07, 6.45) is 11.6. The molecule has 0 amide bonds. The summed E-state index contributed by atoms with van der Waals surface area (Å²) in [5, 5.41) is 5.32. The second-order valence-electron chi connectivity index (χ2n) is 6.97. The van der Waals surface area contributed by atoms with E-state index in [2.05, 4.69) is 17.6 Å². The van der Waals surface area contributed by atoms with E-state index in [0.29, 0.717) is 13.0 Å². The molecule has 30 heavy (non-hydrogen) atoms. The number of carbonyl (C=O) groups excluding carboxylic acids is 1. The number of hydrogen-bond acceptors (Lipinski definition) is 7. The molecular formula is C18H41N2NaO7S2. The van der Waals surface area contributed by atoms with Gasteiger partial charge in [-0.15, -0.1) is 0 Å². The van der Waals surface area contributed by atoms with Crippen molar-refractivity contribution in [2.45, 2.75) is 71.1 Å². The van der Waals surface area contributed by atoms with Crippen LogP contribution < -0.4 is 10.6 Å². The molecule has 178 valence electrons. The molecule has 0 aliphatic carbocycles. The minimum atomic E-state index is -3.93. The van der Waals surface area contributed by atoms with Crippen LogP contribution in [-0.4, -0.2) is 99.5 Å². The van der Waals surface area contributed by atoms with E-state index in [9.17, 15) is 21.6 Å². The Hall–Kier alpha value is 0.410. The van der Waals surface area contributed by atoms with Crippen molar-refractivity contribution in [2.75, 3.05) is 38.2 Å². The molecule has 0 heterocycles. The first kappa shape index (κ1) is 35.0. The number of rotatable bonds is 18. The van der Waals surface area contributed by atoms with E-state index < -0.39 is 20.2 Å². The predicted molar refractivity (Wildman–Crippen MR) is 124 cm³/mol. The number of ketones is 1. The van der Waals surface area contributed by atoms with E-state index in [1.807, 2.05) is 0 Å². The normalized spacial score (nSPS) is 11.3. The average molecular weight is 485 g/mol. The molecule has 0 aliphatic rings. The van der Waals surface area contributed by atoms with Gasteiger partial charge in [-0.1, -0.05) is 58.3 Å². The van der Waals surface area contributed by atoms with Crippen LogP contribution in [0.5, 0.6) is 0 Å². The first-order chi connectivity index (χ1) is 13.5. The molecule has 0 bridgehead atoms. The fourth-order valence-electron chi connectivity index (χ4n) is 2.38. The van der Waals surface area contributed by atoms with Gasteiger partial charge in [0, 0.05) is 19.5 Å². The molecule has 0 atom stereocenters. The molecule has 0 saturated heterocycles. The average Bonchev–Trinajstić information content (AvgIpc) is 2.61. The van der Waals surface area contributed by atoms with E-state index in [1.165, 1.54) is 44.9 Å². The number of Topliss-reactive ketones (excluding diaryl/α,β-unsaturated/α-hetero) is 1. The van der Waals surface area contributed by atoms with Gasteiger partial charge < -0.3 is 10.6 Å². The fourth-order valence-corrected chi connectivity index (χ4v) is 3.25. The monoisotopic (exact) mass is 484 g/mol. The van der Waals surface area contributed by atoms with Gasteiger partial charge in [0.15, 0.2) is 0 Å². The Morgan fingerprint density at radius 2 is 1.20 bits per heavy atom. The summed E-state index contributed by atoms with van der Waals surface area (Å²) in [6, 6.07) is 0. The van der Waals surface area contributed by atoms with Gasteiger partial charge in [-0.25, -0.2) is 0 Å². The zero-order chi connectivity index (χ0) is 22.6. The fraction of sp³-hybridized carbons (Fsp3) is 0.944. The van der Waals surface area contributed by atoms with E-state index in [4.69, 9.17) is 9.11 Å². The third-order valence-electron chi connectivity index (χ3n) is 4.03. The Bertz CT molecular complexity index is 600. The molecule has 0 spiro atoms. The van der Waals surface area contributed by atoms with Crippen molar-refractivity contribution in [1.29, 1.82) is 0 Å². The first-order valence-electron chi connectivity index (χ1n) is 10.3. The van der Waals surface area contributed by atoms with E-state index >= 15 is 0 Å². The van der Waals surface area contributed by atoms with Gasteiger partial charge in [-0.2, -0.15) is 16.8 Å². The van der Waals surface area contributed by atoms with Crippen LogP contribution in [0.1, 0.15) is 71.1 Å². The summed E-state index contributed by atoms with van der Waals surface area (Å²) >= 11 is 0. The number of unbranched alkanes of at least 4 members (excludes halogenated alkanes) is 8. The van der Waals surface area contributed by atoms with Crippen molar-refractivity contribution in [1.82, 2.24) is 10.6 Å². The van der Waals surface area contributed by atoms with Crippen LogP contribution in [0.15, 0.2) is 0 Å². The molecule has 0 radical (unpaired) electrons. The zero-order valence-electron chi connectivity index (χ0n) is 17.9. The van der Waals surface area contributed by atoms with Crippen LogP contribution in [0, 0.1) is 0 Å². The Kier molecular flexibility index (Phi) is 26.4. The Balaban J connectivity index is -0.000000686. The SMILES string of the molecule is CCCCCCCCCCCC(=O)CNCCS(=O)(=O)O.CNCCS(=O)(=O)O.[NaH]. The molecule has 0 rings (SSSR count). The molecule has 0 aromatic heterocycles. The molecule has 0 aromatic carbocycles. The van der Waals surface area contributed by atoms with Gasteiger partial charge in [0.05, 0.1) is 18.1 Å². The van der Waals surface area contributed by atoms with Crippen molar-refractivity contribution in [2.24, 2.45) is 0 Å². The van der Waals surface area contributed by atoms with Gasteiger partial charge >= 0.3 is 29.6 Å². The Morgan fingerprint density at radius 3 is 1.60 bits per heavy atom. The third kappa shape index (κ3) is 35.8. The quantitative estimate of drug-likeness (QED) is 0.129. The van der Waals surface area contributed by atoms with Crippen LogP contribution in [-0.2, 0) is 25.0 Å². The summed E-state index contributed by atoms with van der Waals surface area (Å²) in [6.45, 7) is 2.81. The van der Waals surface area contributed by atoms with Gasteiger partial charge in [0.25, 0.3) is 20.2 Å². The van der Waals surface area contributed by atoms with Crippen LogP contribution in [0.25, 0.3) is 0 Å². The summed E-state index contributed by atoms with van der Waals surface area (Å²) < 4.78 is 57.3. The van der Waals surface area contributed by atoms with Gasteiger partial charge in [-0.3, -0.25) is 13.9 Å². The van der Waals surface area contributed by atoms with Gasteiger partial charge in [-0.05, 0) is 13.5 Å². The predicted octanol–water partition coefficient (Wildman–Crippen LogP) is 1.40. The molecule has 0 aromatic rings. The summed E-state index contributed by atoms with van der Waals surface area (Å²) in [4.78, 5) is 11.5. The molecule has 12 heteroatoms. The summed E-state index contributed by atoms with van der Waals surface area (Å²) in [5.74, 6) is -0.463. The Labute approximate surface area is 205 Å². The number of nitrogens with one attached hydrogen (secondary N) is 2. The molecule has 0 aliphatic heterocycles. The van der Waals surface area contributed by atoms with Crippen molar-refractivity contribution < 1.29 is 30.7 Å². The molecule has 4 N–H and O–H groups in total. The molecule has 0 unspecified atom stereocenters. The summed E-state index contributed by atoms with van der Waals surface area (Å²) in [5.41, 5.74) is 0. The van der Waals surface area contributed by atoms with Crippen molar-refractivity contribution in [3.63, 3.8) is 0 Å². The summed E-state index contributed by atoms with van der Waals surface area (Å²) in [7, 11) is -6.06. The van der Waals surface area contributed by atoms with E-state index in [-0.39, 0.29) is 59.9 Å². The number of hydrogen-bond donors (Lipinski definition) is 4.